The molecule has 0 unspecified atom stereocenters. The van der Waals surface area contributed by atoms with Gasteiger partial charge in [0.15, 0.2) is 5.11 Å². The maximum atomic E-state index is 12.1. The number of nitriles is 1. The van der Waals surface area contributed by atoms with E-state index in [0.717, 1.165) is 17.5 Å². The fraction of sp³-hybridized carbons (Fsp3) is 0.429. The number of thiocarbonyl (C=S) groups is 1. The van der Waals surface area contributed by atoms with Crippen LogP contribution in [0.1, 0.15) is 43.0 Å². The number of aromatic nitrogens is 1. The van der Waals surface area contributed by atoms with Gasteiger partial charge in [0.05, 0.1) is 0 Å². The van der Waals surface area contributed by atoms with Crippen LogP contribution in [0.5, 0.6) is 0 Å². The van der Waals surface area contributed by atoms with Crippen molar-refractivity contribution in [3.63, 3.8) is 0 Å². The molecule has 21 heavy (non-hydrogen) atoms. The summed E-state index contributed by atoms with van der Waals surface area (Å²) < 4.78 is 1.16. The Hall–Kier alpha value is -2.20. The maximum Gasteiger partial charge on any atom is 0.287 e. The topological polar surface area (TPSA) is 86.9 Å². The first-order chi connectivity index (χ1) is 9.90. The second-order valence-electron chi connectivity index (χ2n) is 4.69. The van der Waals surface area contributed by atoms with Crippen molar-refractivity contribution in [3.05, 3.63) is 33.2 Å². The first kappa shape index (κ1) is 16.9. The Labute approximate surface area is 128 Å². The Bertz CT molecular complexity index is 658. The molecule has 0 saturated heterocycles. The number of nitrogens with zero attached hydrogens (tertiary/aromatic N) is 2. The van der Waals surface area contributed by atoms with Gasteiger partial charge in [-0.2, -0.15) is 5.26 Å². The quantitative estimate of drug-likeness (QED) is 0.823. The van der Waals surface area contributed by atoms with Crippen LogP contribution < -0.4 is 16.3 Å². The molecule has 1 rings (SSSR count). The molecule has 0 atom stereocenters. The standard InChI is InChI=1S/C14H18N4O2S/c1-4-5-6-12(19)16-14(21)17-18-10(3)7-9(2)11(8-15)13(18)20/h7H,4-6H2,1-3H3,(H2,16,17,19,21). The van der Waals surface area contributed by atoms with Crippen molar-refractivity contribution in [3.8, 4) is 6.07 Å². The molecule has 2 N–H and O–H groups in total. The largest absolute Gasteiger partial charge is 0.302 e. The van der Waals surface area contributed by atoms with Crippen LogP contribution in [-0.2, 0) is 4.79 Å². The lowest BCUT2D eigenvalue weighted by atomic mass is 10.1. The van der Waals surface area contributed by atoms with Gasteiger partial charge in [0.2, 0.25) is 5.91 Å². The average molecular weight is 306 g/mol. The lowest BCUT2D eigenvalue weighted by Gasteiger charge is -2.15. The molecule has 0 aliphatic rings. The molecule has 0 aliphatic heterocycles. The molecule has 0 fully saturated rings. The molecule has 0 bridgehead atoms. The molecule has 1 aromatic rings. The highest BCUT2D eigenvalue weighted by molar-refractivity contribution is 7.80. The van der Waals surface area contributed by atoms with Crippen molar-refractivity contribution in [2.75, 3.05) is 5.43 Å². The highest BCUT2D eigenvalue weighted by Crippen LogP contribution is 2.03. The van der Waals surface area contributed by atoms with Gasteiger partial charge in [-0.25, -0.2) is 4.68 Å². The molecular formula is C14H18N4O2S. The van der Waals surface area contributed by atoms with E-state index in [9.17, 15) is 9.59 Å². The van der Waals surface area contributed by atoms with Crippen LogP contribution in [0.2, 0.25) is 0 Å². The molecule has 0 spiro atoms. The number of carbonyl (C=O) groups is 1. The van der Waals surface area contributed by atoms with E-state index in [0.29, 0.717) is 17.7 Å². The van der Waals surface area contributed by atoms with Crippen molar-refractivity contribution in [1.82, 2.24) is 9.99 Å². The molecule has 1 amide bonds. The average Bonchev–Trinajstić information content (AvgIpc) is 2.41. The van der Waals surface area contributed by atoms with Crippen molar-refractivity contribution in [1.29, 1.82) is 5.26 Å². The number of rotatable bonds is 4. The normalized spacial score (nSPS) is 9.81. The summed E-state index contributed by atoms with van der Waals surface area (Å²) >= 11 is 5.01. The van der Waals surface area contributed by atoms with E-state index in [2.05, 4.69) is 10.7 Å². The summed E-state index contributed by atoms with van der Waals surface area (Å²) in [6.07, 6.45) is 2.07. The zero-order valence-corrected chi connectivity index (χ0v) is 13.1. The van der Waals surface area contributed by atoms with E-state index in [1.807, 2.05) is 13.0 Å². The number of hydrogen-bond acceptors (Lipinski definition) is 4. The van der Waals surface area contributed by atoms with Crippen molar-refractivity contribution in [2.45, 2.75) is 40.0 Å². The number of pyridine rings is 1. The van der Waals surface area contributed by atoms with Crippen molar-refractivity contribution < 1.29 is 4.79 Å². The van der Waals surface area contributed by atoms with Gasteiger partial charge in [-0.3, -0.25) is 15.0 Å². The molecule has 6 nitrogen and oxygen atoms in total. The minimum Gasteiger partial charge on any atom is -0.302 e. The summed E-state index contributed by atoms with van der Waals surface area (Å²) in [6, 6.07) is 3.57. The van der Waals surface area contributed by atoms with Crippen molar-refractivity contribution in [2.24, 2.45) is 0 Å². The summed E-state index contributed by atoms with van der Waals surface area (Å²) in [7, 11) is 0. The van der Waals surface area contributed by atoms with Gasteiger partial charge >= 0.3 is 0 Å². The zero-order chi connectivity index (χ0) is 16.0. The molecular weight excluding hydrogens is 288 g/mol. The molecule has 1 aromatic heterocycles. The predicted molar refractivity (Wildman–Crippen MR) is 84.5 cm³/mol. The van der Waals surface area contributed by atoms with E-state index in [1.54, 1.807) is 19.9 Å². The maximum absolute atomic E-state index is 12.1. The van der Waals surface area contributed by atoms with Crippen LogP contribution in [-0.4, -0.2) is 15.7 Å². The van der Waals surface area contributed by atoms with Crippen LogP contribution in [0.15, 0.2) is 10.9 Å². The van der Waals surface area contributed by atoms with Crippen LogP contribution in [0.25, 0.3) is 0 Å². The number of aryl methyl sites for hydroxylation is 2. The fourth-order valence-electron chi connectivity index (χ4n) is 1.82. The van der Waals surface area contributed by atoms with Gasteiger partial charge in [0, 0.05) is 12.1 Å². The molecule has 0 radical (unpaired) electrons. The van der Waals surface area contributed by atoms with E-state index in [4.69, 9.17) is 17.5 Å². The second-order valence-corrected chi connectivity index (χ2v) is 5.10. The van der Waals surface area contributed by atoms with Gasteiger partial charge in [-0.05, 0) is 44.1 Å². The highest BCUT2D eigenvalue weighted by Gasteiger charge is 2.11. The predicted octanol–water partition coefficient (Wildman–Crippen LogP) is 1.47. The van der Waals surface area contributed by atoms with E-state index in [1.165, 1.54) is 0 Å². The van der Waals surface area contributed by atoms with Crippen molar-refractivity contribution >= 4 is 23.2 Å². The van der Waals surface area contributed by atoms with Crippen LogP contribution >= 0.6 is 12.2 Å². The lowest BCUT2D eigenvalue weighted by molar-refractivity contribution is -0.119. The Kier molecular flexibility index (Phi) is 6.06. The third-order valence-electron chi connectivity index (χ3n) is 2.92. The molecule has 0 aliphatic carbocycles. The Morgan fingerprint density at radius 2 is 2.14 bits per heavy atom. The first-order valence-corrected chi connectivity index (χ1v) is 7.05. The van der Waals surface area contributed by atoms with Crippen LogP contribution in [0, 0.1) is 25.2 Å². The number of unbranched alkanes of at least 4 members (excludes halogenated alkanes) is 1. The minimum absolute atomic E-state index is 0.0362. The number of nitrogens with one attached hydrogen (secondary N) is 2. The molecule has 112 valence electrons. The molecule has 0 saturated carbocycles. The lowest BCUT2D eigenvalue weighted by Crippen LogP contribution is -2.43. The molecule has 0 aromatic carbocycles. The molecule has 1 heterocycles. The van der Waals surface area contributed by atoms with E-state index >= 15 is 0 Å². The second kappa shape index (κ2) is 7.55. The summed E-state index contributed by atoms with van der Waals surface area (Å²) in [6.45, 7) is 5.40. The summed E-state index contributed by atoms with van der Waals surface area (Å²) in [4.78, 5) is 23.7. The summed E-state index contributed by atoms with van der Waals surface area (Å²) in [5.74, 6) is -0.201. The van der Waals surface area contributed by atoms with Gasteiger partial charge in [-0.15, -0.1) is 0 Å². The summed E-state index contributed by atoms with van der Waals surface area (Å²) in [5.41, 5.74) is 3.41. The summed E-state index contributed by atoms with van der Waals surface area (Å²) in [5, 5.41) is 11.5. The Morgan fingerprint density at radius 1 is 1.48 bits per heavy atom. The van der Waals surface area contributed by atoms with Crippen LogP contribution in [0.4, 0.5) is 0 Å². The Morgan fingerprint density at radius 3 is 2.71 bits per heavy atom. The van der Waals surface area contributed by atoms with Gasteiger partial charge in [0.25, 0.3) is 5.56 Å². The van der Waals surface area contributed by atoms with Crippen LogP contribution in [0.3, 0.4) is 0 Å². The van der Waals surface area contributed by atoms with Gasteiger partial charge in [-0.1, -0.05) is 13.3 Å². The third-order valence-corrected chi connectivity index (χ3v) is 3.12. The fourth-order valence-corrected chi connectivity index (χ4v) is 2.03. The van der Waals surface area contributed by atoms with E-state index in [-0.39, 0.29) is 16.6 Å². The minimum atomic E-state index is -0.486. The third kappa shape index (κ3) is 4.39. The van der Waals surface area contributed by atoms with Gasteiger partial charge in [0.1, 0.15) is 11.6 Å². The SMILES string of the molecule is CCCCC(=O)NC(=S)Nn1c(C)cc(C)c(C#N)c1=O. The number of hydrogen-bond donors (Lipinski definition) is 2. The number of carbonyl (C=O) groups excluding carboxylic acids is 1. The monoisotopic (exact) mass is 306 g/mol. The molecule has 7 heteroatoms. The highest BCUT2D eigenvalue weighted by atomic mass is 32.1. The smallest absolute Gasteiger partial charge is 0.287 e. The van der Waals surface area contributed by atoms with E-state index < -0.39 is 5.56 Å². The first-order valence-electron chi connectivity index (χ1n) is 6.64. The zero-order valence-electron chi connectivity index (χ0n) is 12.3. The number of amides is 1. The van der Waals surface area contributed by atoms with Gasteiger partial charge < -0.3 is 5.32 Å². The Balaban J connectivity index is 2.89.